The van der Waals surface area contributed by atoms with Crippen LogP contribution in [0, 0.1) is 11.8 Å². The quantitative estimate of drug-likeness (QED) is 0.734. The fourth-order valence-corrected chi connectivity index (χ4v) is 1.59. The lowest BCUT2D eigenvalue weighted by atomic mass is 10.3. The molecule has 2 N–H and O–H groups in total. The van der Waals surface area contributed by atoms with Crippen LogP contribution in [0.2, 0.25) is 0 Å². The van der Waals surface area contributed by atoms with Crippen molar-refractivity contribution in [1.29, 1.82) is 0 Å². The summed E-state index contributed by atoms with van der Waals surface area (Å²) in [4.78, 5) is 0. The Morgan fingerprint density at radius 2 is 2.00 bits per heavy atom. The van der Waals surface area contributed by atoms with Gasteiger partial charge in [-0.15, -0.1) is 0 Å². The lowest BCUT2D eigenvalue weighted by molar-refractivity contribution is 0.270. The van der Waals surface area contributed by atoms with E-state index in [-0.39, 0.29) is 0 Å². The summed E-state index contributed by atoms with van der Waals surface area (Å²) in [6, 6.07) is 10.2. The lowest BCUT2D eigenvalue weighted by Crippen LogP contribution is -2.05. The fourth-order valence-electron chi connectivity index (χ4n) is 1.59. The third-order valence-electron chi connectivity index (χ3n) is 2.65. The molecule has 1 aromatic carbocycles. The van der Waals surface area contributed by atoms with Gasteiger partial charge >= 0.3 is 0 Å². The number of aliphatic hydroxyl groups excluding tert-OH is 1. The zero-order valence-corrected chi connectivity index (χ0v) is 7.61. The first-order valence-electron chi connectivity index (χ1n) is 4.80. The molecular weight excluding hydrogens is 162 g/mol. The number of para-hydroxylation sites is 1. The standard InChI is InChI=1S/C11H15NO/c13-8-10-6-9(10)7-12-11-4-2-1-3-5-11/h1-5,9-10,12-13H,6-8H2/t9-,10-/m0/s1. The monoisotopic (exact) mass is 177 g/mol. The van der Waals surface area contributed by atoms with E-state index in [1.54, 1.807) is 0 Å². The van der Waals surface area contributed by atoms with Gasteiger partial charge in [-0.05, 0) is 30.4 Å². The van der Waals surface area contributed by atoms with Crippen molar-refractivity contribution in [2.75, 3.05) is 18.5 Å². The average molecular weight is 177 g/mol. The topological polar surface area (TPSA) is 32.3 Å². The predicted octanol–water partition coefficient (Wildman–Crippen LogP) is 1.73. The summed E-state index contributed by atoms with van der Waals surface area (Å²) >= 11 is 0. The molecule has 0 bridgehead atoms. The summed E-state index contributed by atoms with van der Waals surface area (Å²) in [6.07, 6.45) is 1.18. The van der Waals surface area contributed by atoms with E-state index in [1.807, 2.05) is 18.2 Å². The Morgan fingerprint density at radius 1 is 1.23 bits per heavy atom. The number of hydrogen-bond acceptors (Lipinski definition) is 2. The van der Waals surface area contributed by atoms with Crippen LogP contribution in [0.15, 0.2) is 30.3 Å². The highest BCUT2D eigenvalue weighted by molar-refractivity contribution is 5.42. The van der Waals surface area contributed by atoms with Gasteiger partial charge in [-0.2, -0.15) is 0 Å². The molecule has 70 valence electrons. The van der Waals surface area contributed by atoms with Crippen molar-refractivity contribution in [3.8, 4) is 0 Å². The predicted molar refractivity (Wildman–Crippen MR) is 53.6 cm³/mol. The van der Waals surface area contributed by atoms with Crippen LogP contribution in [0.25, 0.3) is 0 Å². The SMILES string of the molecule is OC[C@@H]1C[C@H]1CNc1ccccc1. The highest BCUT2D eigenvalue weighted by Gasteiger charge is 2.35. The second-order valence-corrected chi connectivity index (χ2v) is 3.69. The molecule has 0 radical (unpaired) electrons. The minimum atomic E-state index is 0.348. The molecule has 1 aliphatic carbocycles. The first kappa shape index (κ1) is 8.57. The maximum absolute atomic E-state index is 8.85. The molecule has 1 aliphatic rings. The number of rotatable bonds is 4. The minimum Gasteiger partial charge on any atom is -0.396 e. The second kappa shape index (κ2) is 3.79. The van der Waals surface area contributed by atoms with Crippen molar-refractivity contribution in [3.63, 3.8) is 0 Å². The van der Waals surface area contributed by atoms with Crippen LogP contribution in [0.5, 0.6) is 0 Å². The smallest absolute Gasteiger partial charge is 0.0462 e. The van der Waals surface area contributed by atoms with Crippen molar-refractivity contribution in [2.24, 2.45) is 11.8 Å². The molecule has 0 aromatic heterocycles. The summed E-state index contributed by atoms with van der Waals surface area (Å²) < 4.78 is 0. The summed E-state index contributed by atoms with van der Waals surface area (Å²) in [5.41, 5.74) is 1.17. The van der Waals surface area contributed by atoms with E-state index in [0.717, 1.165) is 6.54 Å². The summed E-state index contributed by atoms with van der Waals surface area (Å²) in [5.74, 6) is 1.24. The lowest BCUT2D eigenvalue weighted by Gasteiger charge is -2.04. The first-order valence-corrected chi connectivity index (χ1v) is 4.80. The highest BCUT2D eigenvalue weighted by Crippen LogP contribution is 2.37. The molecule has 2 nitrogen and oxygen atoms in total. The molecule has 2 rings (SSSR count). The molecule has 0 aliphatic heterocycles. The van der Waals surface area contributed by atoms with Gasteiger partial charge in [0.2, 0.25) is 0 Å². The molecule has 0 spiro atoms. The van der Waals surface area contributed by atoms with Gasteiger partial charge in [0.05, 0.1) is 0 Å². The van der Waals surface area contributed by atoms with E-state index >= 15 is 0 Å². The largest absolute Gasteiger partial charge is 0.396 e. The average Bonchev–Trinajstić information content (AvgIpc) is 2.95. The molecule has 1 fully saturated rings. The molecule has 2 heteroatoms. The fraction of sp³-hybridized carbons (Fsp3) is 0.455. The number of anilines is 1. The van der Waals surface area contributed by atoms with Gasteiger partial charge in [0.1, 0.15) is 0 Å². The summed E-state index contributed by atoms with van der Waals surface area (Å²) in [5, 5.41) is 12.2. The Hall–Kier alpha value is -1.02. The van der Waals surface area contributed by atoms with Crippen molar-refractivity contribution in [3.05, 3.63) is 30.3 Å². The minimum absolute atomic E-state index is 0.348. The van der Waals surface area contributed by atoms with Gasteiger partial charge in [-0.25, -0.2) is 0 Å². The van der Waals surface area contributed by atoms with Crippen LogP contribution >= 0.6 is 0 Å². The van der Waals surface area contributed by atoms with E-state index in [1.165, 1.54) is 12.1 Å². The van der Waals surface area contributed by atoms with Gasteiger partial charge < -0.3 is 10.4 Å². The van der Waals surface area contributed by atoms with E-state index < -0.39 is 0 Å². The van der Waals surface area contributed by atoms with Gasteiger partial charge in [0.15, 0.2) is 0 Å². The number of hydrogen-bond donors (Lipinski definition) is 2. The Bertz CT molecular complexity index is 260. The van der Waals surface area contributed by atoms with E-state index in [0.29, 0.717) is 18.4 Å². The van der Waals surface area contributed by atoms with Gasteiger partial charge in [0, 0.05) is 18.8 Å². The maximum atomic E-state index is 8.85. The first-order chi connectivity index (χ1) is 6.40. The van der Waals surface area contributed by atoms with Crippen LogP contribution in [0.3, 0.4) is 0 Å². The normalized spacial score (nSPS) is 25.6. The van der Waals surface area contributed by atoms with Crippen LogP contribution in [0.1, 0.15) is 6.42 Å². The molecule has 1 aromatic rings. The third-order valence-corrected chi connectivity index (χ3v) is 2.65. The van der Waals surface area contributed by atoms with Crippen molar-refractivity contribution in [2.45, 2.75) is 6.42 Å². The van der Waals surface area contributed by atoms with Crippen LogP contribution in [-0.2, 0) is 0 Å². The van der Waals surface area contributed by atoms with Crippen molar-refractivity contribution < 1.29 is 5.11 Å². The van der Waals surface area contributed by atoms with Crippen molar-refractivity contribution in [1.82, 2.24) is 0 Å². The van der Waals surface area contributed by atoms with Gasteiger partial charge in [-0.1, -0.05) is 18.2 Å². The zero-order chi connectivity index (χ0) is 9.10. The Labute approximate surface area is 78.6 Å². The molecule has 1 saturated carbocycles. The Morgan fingerprint density at radius 3 is 2.62 bits per heavy atom. The van der Waals surface area contributed by atoms with Gasteiger partial charge in [-0.3, -0.25) is 0 Å². The molecule has 13 heavy (non-hydrogen) atoms. The number of aliphatic hydroxyl groups is 1. The summed E-state index contributed by atoms with van der Waals surface area (Å²) in [6.45, 7) is 1.34. The van der Waals surface area contributed by atoms with Gasteiger partial charge in [0.25, 0.3) is 0 Å². The van der Waals surface area contributed by atoms with Crippen LogP contribution < -0.4 is 5.32 Å². The highest BCUT2D eigenvalue weighted by atomic mass is 16.3. The van der Waals surface area contributed by atoms with E-state index in [9.17, 15) is 0 Å². The summed E-state index contributed by atoms with van der Waals surface area (Å²) in [7, 11) is 0. The molecule has 2 atom stereocenters. The van der Waals surface area contributed by atoms with E-state index in [4.69, 9.17) is 5.11 Å². The third kappa shape index (κ3) is 2.22. The molecule has 0 heterocycles. The molecular formula is C11H15NO. The molecule has 0 saturated heterocycles. The Balaban J connectivity index is 1.75. The number of nitrogens with one attached hydrogen (secondary N) is 1. The zero-order valence-electron chi connectivity index (χ0n) is 7.61. The van der Waals surface area contributed by atoms with E-state index in [2.05, 4.69) is 17.4 Å². The number of benzene rings is 1. The molecule has 0 amide bonds. The maximum Gasteiger partial charge on any atom is 0.0462 e. The van der Waals surface area contributed by atoms with Crippen LogP contribution in [0.4, 0.5) is 5.69 Å². The van der Waals surface area contributed by atoms with Crippen molar-refractivity contribution >= 4 is 5.69 Å². The van der Waals surface area contributed by atoms with Crippen LogP contribution in [-0.4, -0.2) is 18.3 Å². The molecule has 0 unspecified atom stereocenters. The second-order valence-electron chi connectivity index (χ2n) is 3.69. The Kier molecular flexibility index (Phi) is 2.50.